The number of hydrogen-bond donors (Lipinski definition) is 1. The maximum atomic E-state index is 12.9. The first-order valence-electron chi connectivity index (χ1n) is 9.93. The SMILES string of the molecule is CC(C)C1(C(C)(C)C)CCC(C(=O)NC2(c3ccncc3)CC2)CC1. The molecule has 2 fully saturated rings. The van der Waals surface area contributed by atoms with Crippen LogP contribution in [0.25, 0.3) is 0 Å². The van der Waals surface area contributed by atoms with E-state index in [9.17, 15) is 4.79 Å². The third-order valence-electron chi connectivity index (χ3n) is 7.19. The van der Waals surface area contributed by atoms with E-state index >= 15 is 0 Å². The Bertz CT molecular complexity index is 603. The van der Waals surface area contributed by atoms with Gasteiger partial charge in [0.1, 0.15) is 0 Å². The van der Waals surface area contributed by atoms with E-state index < -0.39 is 0 Å². The van der Waals surface area contributed by atoms with Gasteiger partial charge in [0.05, 0.1) is 5.54 Å². The fourth-order valence-corrected chi connectivity index (χ4v) is 5.21. The maximum Gasteiger partial charge on any atom is 0.223 e. The molecule has 25 heavy (non-hydrogen) atoms. The van der Waals surface area contributed by atoms with Gasteiger partial charge >= 0.3 is 0 Å². The van der Waals surface area contributed by atoms with E-state index in [-0.39, 0.29) is 22.8 Å². The molecule has 1 aromatic heterocycles. The van der Waals surface area contributed by atoms with Gasteiger partial charge in [0.2, 0.25) is 5.91 Å². The largest absolute Gasteiger partial charge is 0.346 e. The molecule has 1 N–H and O–H groups in total. The monoisotopic (exact) mass is 342 g/mol. The van der Waals surface area contributed by atoms with Crippen LogP contribution in [0.3, 0.4) is 0 Å². The zero-order valence-corrected chi connectivity index (χ0v) is 16.6. The molecule has 3 heteroatoms. The third kappa shape index (κ3) is 3.35. The second kappa shape index (κ2) is 6.41. The number of carbonyl (C=O) groups excluding carboxylic acids is 1. The Labute approximate surface area is 153 Å². The van der Waals surface area contributed by atoms with Crippen LogP contribution < -0.4 is 5.32 Å². The summed E-state index contributed by atoms with van der Waals surface area (Å²) in [7, 11) is 0. The number of nitrogens with one attached hydrogen (secondary N) is 1. The molecule has 2 aliphatic carbocycles. The molecule has 1 amide bonds. The van der Waals surface area contributed by atoms with Crippen molar-refractivity contribution in [1.29, 1.82) is 0 Å². The minimum atomic E-state index is -0.114. The summed E-state index contributed by atoms with van der Waals surface area (Å²) in [5.41, 5.74) is 1.73. The average Bonchev–Trinajstić information content (AvgIpc) is 3.35. The fourth-order valence-electron chi connectivity index (χ4n) is 5.21. The molecule has 0 aliphatic heterocycles. The molecule has 0 saturated heterocycles. The Kier molecular flexibility index (Phi) is 4.72. The van der Waals surface area contributed by atoms with Gasteiger partial charge in [-0.15, -0.1) is 0 Å². The van der Waals surface area contributed by atoms with Crippen molar-refractivity contribution in [2.45, 2.75) is 78.7 Å². The first kappa shape index (κ1) is 18.4. The lowest BCUT2D eigenvalue weighted by atomic mass is 9.53. The van der Waals surface area contributed by atoms with Crippen molar-refractivity contribution in [3.8, 4) is 0 Å². The molecule has 0 aromatic carbocycles. The Morgan fingerprint density at radius 1 is 1.12 bits per heavy atom. The predicted octanol–water partition coefficient (Wildman–Crippen LogP) is 5.07. The molecule has 138 valence electrons. The lowest BCUT2D eigenvalue weighted by Gasteiger charge is -2.52. The topological polar surface area (TPSA) is 42.0 Å². The van der Waals surface area contributed by atoms with Gasteiger partial charge < -0.3 is 5.32 Å². The first-order chi connectivity index (χ1) is 11.7. The third-order valence-corrected chi connectivity index (χ3v) is 7.19. The van der Waals surface area contributed by atoms with Gasteiger partial charge in [-0.1, -0.05) is 34.6 Å². The van der Waals surface area contributed by atoms with Crippen LogP contribution in [0.2, 0.25) is 0 Å². The van der Waals surface area contributed by atoms with Gasteiger partial charge in [-0.3, -0.25) is 9.78 Å². The molecule has 1 heterocycles. The number of pyridine rings is 1. The molecule has 3 rings (SSSR count). The summed E-state index contributed by atoms with van der Waals surface area (Å²) in [6.07, 6.45) is 10.1. The van der Waals surface area contributed by atoms with Crippen LogP contribution in [0, 0.1) is 22.7 Å². The number of amides is 1. The van der Waals surface area contributed by atoms with Gasteiger partial charge in [-0.2, -0.15) is 0 Å². The highest BCUT2D eigenvalue weighted by atomic mass is 16.2. The number of nitrogens with zero attached hydrogens (tertiary/aromatic N) is 1. The van der Waals surface area contributed by atoms with Gasteiger partial charge in [-0.25, -0.2) is 0 Å². The highest BCUT2D eigenvalue weighted by Crippen LogP contribution is 2.55. The second-order valence-electron chi connectivity index (χ2n) is 9.64. The van der Waals surface area contributed by atoms with Gasteiger partial charge in [0.15, 0.2) is 0 Å². The highest BCUT2D eigenvalue weighted by molar-refractivity contribution is 5.80. The van der Waals surface area contributed by atoms with E-state index in [1.54, 1.807) is 0 Å². The fraction of sp³-hybridized carbons (Fsp3) is 0.727. The molecular formula is C22H34N2O. The van der Waals surface area contributed by atoms with Crippen molar-refractivity contribution in [3.05, 3.63) is 30.1 Å². The smallest absolute Gasteiger partial charge is 0.223 e. The molecule has 0 bridgehead atoms. The van der Waals surface area contributed by atoms with Crippen LogP contribution in [0.4, 0.5) is 0 Å². The minimum absolute atomic E-state index is 0.114. The Balaban J connectivity index is 1.65. The zero-order chi connectivity index (χ0) is 18.3. The van der Waals surface area contributed by atoms with Gasteiger partial charge in [-0.05, 0) is 73.0 Å². The molecule has 2 saturated carbocycles. The molecule has 1 aromatic rings. The summed E-state index contributed by atoms with van der Waals surface area (Å²) in [6.45, 7) is 11.8. The van der Waals surface area contributed by atoms with Crippen LogP contribution in [0.5, 0.6) is 0 Å². The van der Waals surface area contributed by atoms with Crippen molar-refractivity contribution in [2.24, 2.45) is 22.7 Å². The van der Waals surface area contributed by atoms with Gasteiger partial charge in [0, 0.05) is 18.3 Å². The van der Waals surface area contributed by atoms with Crippen LogP contribution in [-0.4, -0.2) is 10.9 Å². The lowest BCUT2D eigenvalue weighted by molar-refractivity contribution is -0.129. The molecule has 2 aliphatic rings. The number of rotatable bonds is 4. The van der Waals surface area contributed by atoms with Crippen LogP contribution >= 0.6 is 0 Å². The van der Waals surface area contributed by atoms with E-state index in [0.717, 1.165) is 38.5 Å². The second-order valence-corrected chi connectivity index (χ2v) is 9.64. The van der Waals surface area contributed by atoms with Crippen molar-refractivity contribution < 1.29 is 4.79 Å². The summed E-state index contributed by atoms with van der Waals surface area (Å²) in [5.74, 6) is 1.09. The van der Waals surface area contributed by atoms with E-state index in [4.69, 9.17) is 0 Å². The van der Waals surface area contributed by atoms with Crippen molar-refractivity contribution in [3.63, 3.8) is 0 Å². The normalized spacial score (nSPS) is 28.6. The minimum Gasteiger partial charge on any atom is -0.346 e. The van der Waals surface area contributed by atoms with Gasteiger partial charge in [0.25, 0.3) is 0 Å². The van der Waals surface area contributed by atoms with E-state index in [1.807, 2.05) is 24.5 Å². The molecule has 0 unspecified atom stereocenters. The summed E-state index contributed by atoms with van der Waals surface area (Å²) in [6, 6.07) is 4.08. The standard InChI is InChI=1S/C22H34N2O/c1-16(2)21(20(3,4)5)10-6-17(7-11-21)19(25)24-22(12-13-22)18-8-14-23-15-9-18/h8-9,14-17H,6-7,10-13H2,1-5H3,(H,24,25). The molecular weight excluding hydrogens is 308 g/mol. The number of carbonyl (C=O) groups is 1. The average molecular weight is 343 g/mol. The lowest BCUT2D eigenvalue weighted by Crippen LogP contribution is -2.46. The Hall–Kier alpha value is -1.38. The quantitative estimate of drug-likeness (QED) is 0.830. The van der Waals surface area contributed by atoms with E-state index in [1.165, 1.54) is 5.56 Å². The maximum absolute atomic E-state index is 12.9. The zero-order valence-electron chi connectivity index (χ0n) is 16.6. The molecule has 0 spiro atoms. The van der Waals surface area contributed by atoms with E-state index in [0.29, 0.717) is 11.3 Å². The summed E-state index contributed by atoms with van der Waals surface area (Å²) in [5, 5.41) is 3.38. The van der Waals surface area contributed by atoms with Crippen LogP contribution in [0.1, 0.15) is 78.7 Å². The summed E-state index contributed by atoms with van der Waals surface area (Å²) in [4.78, 5) is 17.0. The Morgan fingerprint density at radius 2 is 1.68 bits per heavy atom. The molecule has 3 nitrogen and oxygen atoms in total. The first-order valence-corrected chi connectivity index (χ1v) is 9.93. The Morgan fingerprint density at radius 3 is 2.12 bits per heavy atom. The van der Waals surface area contributed by atoms with Crippen molar-refractivity contribution in [2.75, 3.05) is 0 Å². The number of hydrogen-bond acceptors (Lipinski definition) is 2. The number of aromatic nitrogens is 1. The van der Waals surface area contributed by atoms with Crippen LogP contribution in [0.15, 0.2) is 24.5 Å². The van der Waals surface area contributed by atoms with Crippen LogP contribution in [-0.2, 0) is 10.3 Å². The predicted molar refractivity (Wildman–Crippen MR) is 102 cm³/mol. The van der Waals surface area contributed by atoms with Crippen molar-refractivity contribution >= 4 is 5.91 Å². The molecule has 0 radical (unpaired) electrons. The summed E-state index contributed by atoms with van der Waals surface area (Å²) >= 11 is 0. The van der Waals surface area contributed by atoms with Crippen molar-refractivity contribution in [1.82, 2.24) is 10.3 Å². The summed E-state index contributed by atoms with van der Waals surface area (Å²) < 4.78 is 0. The van der Waals surface area contributed by atoms with E-state index in [2.05, 4.69) is 44.9 Å². The highest BCUT2D eigenvalue weighted by Gasteiger charge is 2.50. The molecule has 0 atom stereocenters.